The van der Waals surface area contributed by atoms with Crippen LogP contribution in [0.4, 0.5) is 0 Å². The second-order valence-corrected chi connectivity index (χ2v) is 10.2. The van der Waals surface area contributed by atoms with Gasteiger partial charge in [-0.25, -0.2) is 8.42 Å². The largest absolute Gasteiger partial charge is 0.392 e. The Bertz CT molecular complexity index is 528. The molecule has 6 heteroatoms. The lowest BCUT2D eigenvalue weighted by Crippen LogP contribution is -2.51. The van der Waals surface area contributed by atoms with Crippen molar-refractivity contribution < 1.29 is 18.6 Å². The minimum atomic E-state index is -3.67. The van der Waals surface area contributed by atoms with Crippen molar-refractivity contribution >= 4 is 10.0 Å². The van der Waals surface area contributed by atoms with Gasteiger partial charge in [0.1, 0.15) is 6.23 Å². The molecule has 2 rings (SSSR count). The highest BCUT2D eigenvalue weighted by Crippen LogP contribution is 2.66. The summed E-state index contributed by atoms with van der Waals surface area (Å²) >= 11 is 0. The molecule has 3 N–H and O–H groups in total. The maximum Gasteiger partial charge on any atom is 0.214 e. The molecule has 2 saturated carbocycles. The van der Waals surface area contributed by atoms with Crippen LogP contribution in [-0.2, 0) is 10.0 Å². The van der Waals surface area contributed by atoms with E-state index < -0.39 is 33.2 Å². The van der Waals surface area contributed by atoms with Crippen LogP contribution in [0.25, 0.3) is 0 Å². The lowest BCUT2D eigenvalue weighted by Gasteiger charge is -2.40. The van der Waals surface area contributed by atoms with Crippen LogP contribution in [0.2, 0.25) is 0 Å². The molecule has 0 amide bonds. The predicted molar refractivity (Wildman–Crippen MR) is 86.6 cm³/mol. The van der Waals surface area contributed by atoms with E-state index in [4.69, 9.17) is 0 Å². The first-order valence-electron chi connectivity index (χ1n) is 8.24. The molecular formula is C16H31NO4S. The summed E-state index contributed by atoms with van der Waals surface area (Å²) in [5.74, 6) is 0.274. The molecule has 2 bridgehead atoms. The molecule has 2 aliphatic carbocycles. The van der Waals surface area contributed by atoms with Crippen LogP contribution in [0.5, 0.6) is 0 Å². The Morgan fingerprint density at radius 2 is 1.95 bits per heavy atom. The lowest BCUT2D eigenvalue weighted by atomic mass is 9.70. The number of sulfonamides is 1. The molecule has 2 aliphatic rings. The van der Waals surface area contributed by atoms with Gasteiger partial charge in [-0.2, -0.15) is 4.72 Å². The Labute approximate surface area is 134 Å². The first-order chi connectivity index (χ1) is 9.88. The van der Waals surface area contributed by atoms with Crippen molar-refractivity contribution in [1.82, 2.24) is 4.72 Å². The van der Waals surface area contributed by atoms with Crippen LogP contribution in [0.3, 0.4) is 0 Å². The van der Waals surface area contributed by atoms with Crippen LogP contribution in [-0.4, -0.2) is 36.7 Å². The molecule has 0 aromatic heterocycles. The van der Waals surface area contributed by atoms with Crippen molar-refractivity contribution in [2.75, 3.05) is 5.75 Å². The SMILES string of the molecule is CCC(C)(C)[C@H](O)NS(=O)(=O)CC12CCC(C[C@H]1O)C2(C)C. The Morgan fingerprint density at radius 3 is 2.36 bits per heavy atom. The second kappa shape index (κ2) is 5.43. The van der Waals surface area contributed by atoms with Crippen LogP contribution in [0.1, 0.15) is 60.3 Å². The van der Waals surface area contributed by atoms with Crippen molar-refractivity contribution in [2.45, 2.75) is 72.6 Å². The number of aliphatic hydroxyl groups excluding tert-OH is 2. The molecule has 22 heavy (non-hydrogen) atoms. The van der Waals surface area contributed by atoms with E-state index in [0.29, 0.717) is 18.8 Å². The molecule has 0 radical (unpaired) electrons. The summed E-state index contributed by atoms with van der Waals surface area (Å²) in [6.45, 7) is 9.73. The van der Waals surface area contributed by atoms with Gasteiger partial charge in [0.25, 0.3) is 0 Å². The highest BCUT2D eigenvalue weighted by molar-refractivity contribution is 7.89. The molecule has 0 aromatic rings. The number of aliphatic hydroxyl groups is 2. The van der Waals surface area contributed by atoms with Gasteiger partial charge in [-0.1, -0.05) is 34.6 Å². The van der Waals surface area contributed by atoms with Gasteiger partial charge >= 0.3 is 0 Å². The number of fused-ring (bicyclic) bond motifs is 2. The van der Waals surface area contributed by atoms with Gasteiger partial charge in [0.05, 0.1) is 11.9 Å². The summed E-state index contributed by atoms with van der Waals surface area (Å²) in [5.41, 5.74) is -1.31. The highest BCUT2D eigenvalue weighted by atomic mass is 32.2. The molecule has 2 unspecified atom stereocenters. The minimum absolute atomic E-state index is 0.110. The van der Waals surface area contributed by atoms with Crippen molar-refractivity contribution in [1.29, 1.82) is 0 Å². The van der Waals surface area contributed by atoms with Gasteiger partial charge in [-0.05, 0) is 37.0 Å². The van der Waals surface area contributed by atoms with Crippen LogP contribution in [0, 0.1) is 22.2 Å². The third-order valence-electron chi connectivity index (χ3n) is 6.78. The van der Waals surface area contributed by atoms with Gasteiger partial charge in [-0.3, -0.25) is 0 Å². The van der Waals surface area contributed by atoms with E-state index in [0.717, 1.165) is 12.8 Å². The van der Waals surface area contributed by atoms with Crippen LogP contribution < -0.4 is 4.72 Å². The molecular weight excluding hydrogens is 302 g/mol. The van der Waals surface area contributed by atoms with Gasteiger partial charge in [0.15, 0.2) is 0 Å². The second-order valence-electron chi connectivity index (χ2n) is 8.49. The Morgan fingerprint density at radius 1 is 1.36 bits per heavy atom. The molecule has 0 aliphatic heterocycles. The lowest BCUT2D eigenvalue weighted by molar-refractivity contribution is 0.0129. The van der Waals surface area contributed by atoms with E-state index in [1.54, 1.807) is 0 Å². The highest BCUT2D eigenvalue weighted by Gasteiger charge is 2.65. The summed E-state index contributed by atoms with van der Waals surface area (Å²) < 4.78 is 27.6. The molecule has 0 saturated heterocycles. The third kappa shape index (κ3) is 2.72. The Balaban J connectivity index is 2.19. The normalized spacial score (nSPS) is 35.8. The van der Waals surface area contributed by atoms with E-state index in [9.17, 15) is 18.6 Å². The zero-order valence-electron chi connectivity index (χ0n) is 14.4. The van der Waals surface area contributed by atoms with Crippen molar-refractivity contribution in [2.24, 2.45) is 22.2 Å². The molecule has 0 heterocycles. The molecule has 0 spiro atoms. The van der Waals surface area contributed by atoms with Gasteiger partial charge in [0.2, 0.25) is 10.0 Å². The van der Waals surface area contributed by atoms with E-state index in [2.05, 4.69) is 18.6 Å². The number of hydrogen-bond acceptors (Lipinski definition) is 4. The third-order valence-corrected chi connectivity index (χ3v) is 8.26. The number of nitrogens with one attached hydrogen (secondary N) is 1. The molecule has 130 valence electrons. The average molecular weight is 333 g/mol. The fourth-order valence-electron chi connectivity index (χ4n) is 4.28. The smallest absolute Gasteiger partial charge is 0.214 e. The van der Waals surface area contributed by atoms with Crippen LogP contribution >= 0.6 is 0 Å². The topological polar surface area (TPSA) is 86.6 Å². The minimum Gasteiger partial charge on any atom is -0.392 e. The monoisotopic (exact) mass is 333 g/mol. The zero-order chi connectivity index (χ0) is 17.0. The van der Waals surface area contributed by atoms with E-state index in [1.165, 1.54) is 0 Å². The van der Waals surface area contributed by atoms with Gasteiger partial charge < -0.3 is 10.2 Å². The zero-order valence-corrected chi connectivity index (χ0v) is 15.2. The van der Waals surface area contributed by atoms with E-state index in [1.807, 2.05) is 20.8 Å². The summed E-state index contributed by atoms with van der Waals surface area (Å²) in [6, 6.07) is 0. The van der Waals surface area contributed by atoms with Gasteiger partial charge in [0, 0.05) is 10.8 Å². The Hall–Kier alpha value is -0.170. The van der Waals surface area contributed by atoms with Gasteiger partial charge in [-0.15, -0.1) is 0 Å². The number of rotatable bonds is 6. The van der Waals surface area contributed by atoms with Crippen molar-refractivity contribution in [3.63, 3.8) is 0 Å². The standard InChI is InChI=1S/C16H31NO4S/c1-6-14(2,3)13(19)17-22(20,21)10-16-8-7-11(9-12(16)18)15(16,4)5/h11-13,17-19H,6-10H2,1-5H3/t11?,12-,13+,16?/m1/s1. The van der Waals surface area contributed by atoms with Crippen LogP contribution in [0.15, 0.2) is 0 Å². The Kier molecular flexibility index (Phi) is 4.49. The average Bonchev–Trinajstić information content (AvgIpc) is 2.71. The summed E-state index contributed by atoms with van der Waals surface area (Å²) in [5, 5.41) is 20.7. The summed E-state index contributed by atoms with van der Waals surface area (Å²) in [7, 11) is -3.67. The predicted octanol–water partition coefficient (Wildman–Crippen LogP) is 1.85. The fourth-order valence-corrected chi connectivity index (χ4v) is 6.41. The summed E-state index contributed by atoms with van der Waals surface area (Å²) in [6.07, 6.45) is 1.37. The maximum atomic E-state index is 12.6. The first-order valence-corrected chi connectivity index (χ1v) is 9.89. The molecule has 5 nitrogen and oxygen atoms in total. The van der Waals surface area contributed by atoms with E-state index >= 15 is 0 Å². The van der Waals surface area contributed by atoms with Crippen molar-refractivity contribution in [3.05, 3.63) is 0 Å². The molecule has 0 aromatic carbocycles. The van der Waals surface area contributed by atoms with Crippen molar-refractivity contribution in [3.8, 4) is 0 Å². The summed E-state index contributed by atoms with van der Waals surface area (Å²) in [4.78, 5) is 0. The van der Waals surface area contributed by atoms with E-state index in [-0.39, 0.29) is 11.2 Å². The molecule has 2 fully saturated rings. The maximum absolute atomic E-state index is 12.6. The first kappa shape index (κ1) is 18.2. The quantitative estimate of drug-likeness (QED) is 0.647. The number of hydrogen-bond donors (Lipinski definition) is 3. The fraction of sp³-hybridized carbons (Fsp3) is 1.00. The molecule has 4 atom stereocenters.